The lowest BCUT2D eigenvalue weighted by molar-refractivity contribution is -0.144. The number of hydrogen-bond donors (Lipinski definition) is 2. The fourth-order valence-corrected chi connectivity index (χ4v) is 2.98. The van der Waals surface area contributed by atoms with Gasteiger partial charge in [-0.3, -0.25) is 4.79 Å². The molecule has 0 radical (unpaired) electrons. The van der Waals surface area contributed by atoms with Gasteiger partial charge in [0.1, 0.15) is 5.54 Å². The zero-order chi connectivity index (χ0) is 17.5. The van der Waals surface area contributed by atoms with Crippen molar-refractivity contribution in [2.45, 2.75) is 32.2 Å². The molecule has 6 nitrogen and oxygen atoms in total. The molecule has 2 aromatic rings. The molecule has 1 heterocycles. The standard InChI is InChI=1S/C17H18ClN3O3/c1-10-14(9-19-21(10)13-5-3-4-12(18)8-13)15(22)20-17(2,16(23)24)11-6-7-11/h3-5,8-9,11H,6-7H2,1-2H3,(H,20,22)(H,23,24). The SMILES string of the molecule is Cc1c(C(=O)NC(C)(C(=O)O)C2CC2)cnn1-c1cccc(Cl)c1. The molecule has 0 bridgehead atoms. The van der Waals surface area contributed by atoms with E-state index in [4.69, 9.17) is 11.6 Å². The Morgan fingerprint density at radius 2 is 2.12 bits per heavy atom. The number of rotatable bonds is 5. The molecule has 0 aliphatic heterocycles. The van der Waals surface area contributed by atoms with Gasteiger partial charge in [0.25, 0.3) is 5.91 Å². The van der Waals surface area contributed by atoms with Crippen molar-refractivity contribution in [2.24, 2.45) is 5.92 Å². The average molecular weight is 348 g/mol. The van der Waals surface area contributed by atoms with Gasteiger partial charge in [-0.1, -0.05) is 17.7 Å². The van der Waals surface area contributed by atoms with Crippen molar-refractivity contribution in [3.05, 3.63) is 46.7 Å². The summed E-state index contributed by atoms with van der Waals surface area (Å²) < 4.78 is 1.61. The Balaban J connectivity index is 1.88. The van der Waals surface area contributed by atoms with Crippen LogP contribution < -0.4 is 5.32 Å². The summed E-state index contributed by atoms with van der Waals surface area (Å²) in [4.78, 5) is 24.1. The molecule has 1 aromatic heterocycles. The third-order valence-electron chi connectivity index (χ3n) is 4.52. The molecule has 126 valence electrons. The van der Waals surface area contributed by atoms with E-state index < -0.39 is 17.4 Å². The van der Waals surface area contributed by atoms with Crippen LogP contribution in [0.15, 0.2) is 30.5 Å². The number of benzene rings is 1. The summed E-state index contributed by atoms with van der Waals surface area (Å²) in [6.45, 7) is 3.32. The summed E-state index contributed by atoms with van der Waals surface area (Å²) in [7, 11) is 0. The molecule has 3 rings (SSSR count). The van der Waals surface area contributed by atoms with E-state index in [9.17, 15) is 14.7 Å². The number of carbonyl (C=O) groups excluding carboxylic acids is 1. The quantitative estimate of drug-likeness (QED) is 0.871. The van der Waals surface area contributed by atoms with E-state index >= 15 is 0 Å². The fourth-order valence-electron chi connectivity index (χ4n) is 2.79. The molecule has 1 unspecified atom stereocenters. The topological polar surface area (TPSA) is 84.2 Å². The summed E-state index contributed by atoms with van der Waals surface area (Å²) in [6, 6.07) is 7.13. The van der Waals surface area contributed by atoms with Crippen LogP contribution in [0.25, 0.3) is 5.69 Å². The van der Waals surface area contributed by atoms with Crippen LogP contribution >= 0.6 is 11.6 Å². The summed E-state index contributed by atoms with van der Waals surface area (Å²) in [5.74, 6) is -1.47. The Kier molecular flexibility index (Phi) is 4.09. The normalized spacial score (nSPS) is 16.5. The van der Waals surface area contributed by atoms with Gasteiger partial charge < -0.3 is 10.4 Å². The molecule has 1 saturated carbocycles. The van der Waals surface area contributed by atoms with Gasteiger partial charge >= 0.3 is 5.97 Å². The third kappa shape index (κ3) is 2.89. The molecule has 1 aliphatic rings. The zero-order valence-corrected chi connectivity index (χ0v) is 14.2. The van der Waals surface area contributed by atoms with Crippen molar-refractivity contribution in [3.8, 4) is 5.69 Å². The molecule has 1 aliphatic carbocycles. The predicted octanol–water partition coefficient (Wildman–Crippen LogP) is 2.82. The van der Waals surface area contributed by atoms with E-state index in [1.807, 2.05) is 6.07 Å². The minimum absolute atomic E-state index is 0.0257. The molecular formula is C17H18ClN3O3. The zero-order valence-electron chi connectivity index (χ0n) is 13.4. The molecule has 1 aromatic carbocycles. The van der Waals surface area contributed by atoms with Crippen LogP contribution in [0.5, 0.6) is 0 Å². The second-order valence-corrected chi connectivity index (χ2v) is 6.71. The van der Waals surface area contributed by atoms with Crippen molar-refractivity contribution in [2.75, 3.05) is 0 Å². The molecule has 1 atom stereocenters. The minimum Gasteiger partial charge on any atom is -0.480 e. The number of aromatic nitrogens is 2. The number of nitrogens with one attached hydrogen (secondary N) is 1. The van der Waals surface area contributed by atoms with Crippen molar-refractivity contribution in [3.63, 3.8) is 0 Å². The van der Waals surface area contributed by atoms with Gasteiger partial charge in [-0.25, -0.2) is 9.48 Å². The first kappa shape index (κ1) is 16.5. The third-order valence-corrected chi connectivity index (χ3v) is 4.75. The molecule has 0 spiro atoms. The number of carbonyl (C=O) groups is 2. The van der Waals surface area contributed by atoms with E-state index in [0.29, 0.717) is 16.3 Å². The molecule has 7 heteroatoms. The largest absolute Gasteiger partial charge is 0.480 e. The van der Waals surface area contributed by atoms with Crippen LogP contribution in [-0.4, -0.2) is 32.3 Å². The monoisotopic (exact) mass is 347 g/mol. The predicted molar refractivity (Wildman–Crippen MR) is 89.5 cm³/mol. The number of aliphatic carboxylic acids is 1. The summed E-state index contributed by atoms with van der Waals surface area (Å²) in [5, 5.41) is 16.9. The van der Waals surface area contributed by atoms with Crippen molar-refractivity contribution < 1.29 is 14.7 Å². The Morgan fingerprint density at radius 1 is 1.42 bits per heavy atom. The number of halogens is 1. The number of nitrogens with zero attached hydrogens (tertiary/aromatic N) is 2. The lowest BCUT2D eigenvalue weighted by Gasteiger charge is -2.26. The lowest BCUT2D eigenvalue weighted by atomic mass is 9.95. The van der Waals surface area contributed by atoms with Gasteiger partial charge in [0.05, 0.1) is 23.1 Å². The number of amides is 1. The van der Waals surface area contributed by atoms with Crippen LogP contribution in [-0.2, 0) is 4.79 Å². The van der Waals surface area contributed by atoms with Crippen LogP contribution in [0.1, 0.15) is 35.8 Å². The summed E-state index contributed by atoms with van der Waals surface area (Å²) >= 11 is 5.99. The van der Waals surface area contributed by atoms with Gasteiger partial charge in [0.2, 0.25) is 0 Å². The van der Waals surface area contributed by atoms with Crippen LogP contribution in [0.2, 0.25) is 5.02 Å². The lowest BCUT2D eigenvalue weighted by Crippen LogP contribution is -2.54. The van der Waals surface area contributed by atoms with Gasteiger partial charge in [-0.05, 0) is 50.8 Å². The first-order chi connectivity index (χ1) is 11.3. The van der Waals surface area contributed by atoms with Gasteiger partial charge in [0.15, 0.2) is 0 Å². The highest BCUT2D eigenvalue weighted by atomic mass is 35.5. The van der Waals surface area contributed by atoms with Crippen molar-refractivity contribution in [1.82, 2.24) is 15.1 Å². The molecule has 1 fully saturated rings. The Morgan fingerprint density at radius 3 is 2.71 bits per heavy atom. The Labute approximate surface area is 144 Å². The van der Waals surface area contributed by atoms with E-state index in [1.54, 1.807) is 36.7 Å². The van der Waals surface area contributed by atoms with Crippen LogP contribution in [0.4, 0.5) is 0 Å². The Bertz CT molecular complexity index is 813. The van der Waals surface area contributed by atoms with E-state index in [1.165, 1.54) is 6.20 Å². The highest BCUT2D eigenvalue weighted by Gasteiger charge is 2.48. The van der Waals surface area contributed by atoms with E-state index in [0.717, 1.165) is 18.5 Å². The van der Waals surface area contributed by atoms with Crippen LogP contribution in [0, 0.1) is 12.8 Å². The molecule has 24 heavy (non-hydrogen) atoms. The van der Waals surface area contributed by atoms with E-state index in [-0.39, 0.29) is 5.92 Å². The van der Waals surface area contributed by atoms with Gasteiger partial charge in [-0.15, -0.1) is 0 Å². The Hall–Kier alpha value is -2.34. The highest BCUT2D eigenvalue weighted by molar-refractivity contribution is 6.30. The fraction of sp³-hybridized carbons (Fsp3) is 0.353. The maximum atomic E-state index is 12.6. The molecule has 1 amide bonds. The first-order valence-electron chi connectivity index (χ1n) is 7.69. The second kappa shape index (κ2) is 5.94. The number of carboxylic acid groups (broad SMARTS) is 1. The number of hydrogen-bond acceptors (Lipinski definition) is 3. The summed E-state index contributed by atoms with van der Waals surface area (Å²) in [6.07, 6.45) is 3.06. The first-order valence-corrected chi connectivity index (χ1v) is 8.07. The van der Waals surface area contributed by atoms with E-state index in [2.05, 4.69) is 10.4 Å². The second-order valence-electron chi connectivity index (χ2n) is 6.27. The molecule has 0 saturated heterocycles. The van der Waals surface area contributed by atoms with Crippen LogP contribution in [0.3, 0.4) is 0 Å². The van der Waals surface area contributed by atoms with Gasteiger partial charge in [-0.2, -0.15) is 5.10 Å². The highest BCUT2D eigenvalue weighted by Crippen LogP contribution is 2.40. The smallest absolute Gasteiger partial charge is 0.329 e. The average Bonchev–Trinajstić information content (AvgIpc) is 3.30. The molecule has 2 N–H and O–H groups in total. The van der Waals surface area contributed by atoms with Crippen molar-refractivity contribution >= 4 is 23.5 Å². The maximum Gasteiger partial charge on any atom is 0.329 e. The number of carboxylic acids is 1. The molecular weight excluding hydrogens is 330 g/mol. The van der Waals surface area contributed by atoms with Crippen molar-refractivity contribution in [1.29, 1.82) is 0 Å². The minimum atomic E-state index is -1.25. The maximum absolute atomic E-state index is 12.6. The van der Waals surface area contributed by atoms with Gasteiger partial charge in [0, 0.05) is 5.02 Å². The summed E-state index contributed by atoms with van der Waals surface area (Å²) in [5.41, 5.74) is 0.463.